The summed E-state index contributed by atoms with van der Waals surface area (Å²) in [6, 6.07) is 5.44. The Morgan fingerprint density at radius 1 is 1.62 bits per heavy atom. The molecule has 0 radical (unpaired) electrons. The second-order valence-electron chi connectivity index (χ2n) is 3.81. The van der Waals surface area contributed by atoms with Crippen molar-refractivity contribution in [2.45, 2.75) is 13.0 Å². The van der Waals surface area contributed by atoms with E-state index in [0.29, 0.717) is 25.5 Å². The maximum absolute atomic E-state index is 11.3. The van der Waals surface area contributed by atoms with Gasteiger partial charge in [0.1, 0.15) is 11.9 Å². The van der Waals surface area contributed by atoms with Crippen molar-refractivity contribution in [3.05, 3.63) is 23.9 Å². The van der Waals surface area contributed by atoms with Crippen LogP contribution in [0.15, 0.2) is 18.2 Å². The number of hydrogen-bond donors (Lipinski definition) is 1. The highest BCUT2D eigenvalue weighted by molar-refractivity contribution is 5.73. The molecule has 1 saturated heterocycles. The molecule has 0 saturated carbocycles. The number of aromatic nitrogens is 1. The number of pyridine rings is 1. The summed E-state index contributed by atoms with van der Waals surface area (Å²) in [5, 5.41) is 0. The summed E-state index contributed by atoms with van der Waals surface area (Å²) in [6.45, 7) is 3.30. The van der Waals surface area contributed by atoms with Crippen molar-refractivity contribution in [2.75, 3.05) is 25.4 Å². The summed E-state index contributed by atoms with van der Waals surface area (Å²) in [5.41, 5.74) is 6.40. The molecule has 0 aliphatic carbocycles. The van der Waals surface area contributed by atoms with Gasteiger partial charge in [0.05, 0.1) is 18.8 Å². The average Bonchev–Trinajstić information content (AvgIpc) is 2.29. The third kappa shape index (κ3) is 2.30. The van der Waals surface area contributed by atoms with Crippen LogP contribution in [0.2, 0.25) is 0 Å². The fourth-order valence-electron chi connectivity index (χ4n) is 1.76. The van der Waals surface area contributed by atoms with E-state index in [2.05, 4.69) is 4.98 Å². The van der Waals surface area contributed by atoms with Gasteiger partial charge >= 0.3 is 0 Å². The zero-order valence-electron chi connectivity index (χ0n) is 9.22. The van der Waals surface area contributed by atoms with Gasteiger partial charge in [-0.2, -0.15) is 0 Å². The van der Waals surface area contributed by atoms with E-state index in [4.69, 9.17) is 10.5 Å². The van der Waals surface area contributed by atoms with E-state index < -0.39 is 0 Å². The predicted molar refractivity (Wildman–Crippen MR) is 59.6 cm³/mol. The standard InChI is InChI=1S/C11H15N3O2/c1-8(15)14-5-6-16-10(7-14)9-3-2-4-11(12)13-9/h2-4,10H,5-7H2,1H3,(H2,12,13). The SMILES string of the molecule is CC(=O)N1CCOC(c2cccc(N)n2)C1. The zero-order chi connectivity index (χ0) is 11.5. The molecule has 5 heteroatoms. The molecule has 1 unspecified atom stereocenters. The largest absolute Gasteiger partial charge is 0.384 e. The molecule has 2 heterocycles. The van der Waals surface area contributed by atoms with Crippen molar-refractivity contribution in [3.63, 3.8) is 0 Å². The van der Waals surface area contributed by atoms with E-state index in [9.17, 15) is 4.79 Å². The Morgan fingerprint density at radius 2 is 2.44 bits per heavy atom. The van der Waals surface area contributed by atoms with Gasteiger partial charge in [0, 0.05) is 13.5 Å². The Labute approximate surface area is 94.2 Å². The maximum atomic E-state index is 11.3. The van der Waals surface area contributed by atoms with Crippen molar-refractivity contribution in [1.82, 2.24) is 9.88 Å². The monoisotopic (exact) mass is 221 g/mol. The number of amides is 1. The topological polar surface area (TPSA) is 68.5 Å². The molecule has 5 nitrogen and oxygen atoms in total. The number of nitrogen functional groups attached to an aromatic ring is 1. The second kappa shape index (κ2) is 4.49. The van der Waals surface area contributed by atoms with Gasteiger partial charge in [-0.15, -0.1) is 0 Å². The summed E-state index contributed by atoms with van der Waals surface area (Å²) in [5.74, 6) is 0.540. The molecule has 16 heavy (non-hydrogen) atoms. The van der Waals surface area contributed by atoms with Crippen LogP contribution in [0.1, 0.15) is 18.7 Å². The van der Waals surface area contributed by atoms with E-state index in [1.165, 1.54) is 0 Å². The molecule has 0 bridgehead atoms. The molecule has 1 aromatic heterocycles. The number of anilines is 1. The quantitative estimate of drug-likeness (QED) is 0.753. The Balaban J connectivity index is 2.12. The number of nitrogens with zero attached hydrogens (tertiary/aromatic N) is 2. The van der Waals surface area contributed by atoms with Crippen molar-refractivity contribution >= 4 is 11.7 Å². The molecular formula is C11H15N3O2. The van der Waals surface area contributed by atoms with E-state index in [0.717, 1.165) is 5.69 Å². The number of nitrogens with two attached hydrogens (primary N) is 1. The van der Waals surface area contributed by atoms with Crippen LogP contribution in [0, 0.1) is 0 Å². The van der Waals surface area contributed by atoms with Gasteiger partial charge in [-0.05, 0) is 12.1 Å². The summed E-state index contributed by atoms with van der Waals surface area (Å²) in [4.78, 5) is 17.2. The first-order valence-corrected chi connectivity index (χ1v) is 5.26. The van der Waals surface area contributed by atoms with Crippen LogP contribution in [0.4, 0.5) is 5.82 Å². The van der Waals surface area contributed by atoms with Crippen molar-refractivity contribution in [3.8, 4) is 0 Å². The molecule has 1 aliphatic heterocycles. The fraction of sp³-hybridized carbons (Fsp3) is 0.455. The molecule has 0 aromatic carbocycles. The summed E-state index contributed by atoms with van der Waals surface area (Å²) in [6.07, 6.45) is -0.166. The minimum Gasteiger partial charge on any atom is -0.384 e. The lowest BCUT2D eigenvalue weighted by Crippen LogP contribution is -2.41. The number of ether oxygens (including phenoxy) is 1. The highest BCUT2D eigenvalue weighted by Gasteiger charge is 2.24. The zero-order valence-corrected chi connectivity index (χ0v) is 9.22. The lowest BCUT2D eigenvalue weighted by Gasteiger charge is -2.31. The molecule has 1 amide bonds. The lowest BCUT2D eigenvalue weighted by molar-refractivity contribution is -0.136. The Bertz CT molecular complexity index is 395. The predicted octanol–water partition coefficient (Wildman–Crippen LogP) is 0.584. The van der Waals surface area contributed by atoms with Crippen LogP contribution in [-0.4, -0.2) is 35.5 Å². The van der Waals surface area contributed by atoms with Crippen LogP contribution in [-0.2, 0) is 9.53 Å². The first-order chi connectivity index (χ1) is 7.66. The molecule has 1 fully saturated rings. The lowest BCUT2D eigenvalue weighted by atomic mass is 10.2. The van der Waals surface area contributed by atoms with Crippen molar-refractivity contribution in [1.29, 1.82) is 0 Å². The van der Waals surface area contributed by atoms with Crippen LogP contribution in [0.3, 0.4) is 0 Å². The third-order valence-corrected chi connectivity index (χ3v) is 2.63. The molecule has 86 valence electrons. The van der Waals surface area contributed by atoms with Crippen molar-refractivity contribution in [2.24, 2.45) is 0 Å². The smallest absolute Gasteiger partial charge is 0.219 e. The Hall–Kier alpha value is -1.62. The van der Waals surface area contributed by atoms with Gasteiger partial charge < -0.3 is 15.4 Å². The summed E-state index contributed by atoms with van der Waals surface area (Å²) < 4.78 is 5.59. The number of morpholine rings is 1. The van der Waals surface area contributed by atoms with Crippen LogP contribution < -0.4 is 5.73 Å². The van der Waals surface area contributed by atoms with Crippen LogP contribution in [0.25, 0.3) is 0 Å². The minimum atomic E-state index is -0.166. The van der Waals surface area contributed by atoms with Crippen LogP contribution in [0.5, 0.6) is 0 Å². The highest BCUT2D eigenvalue weighted by atomic mass is 16.5. The van der Waals surface area contributed by atoms with E-state index in [1.807, 2.05) is 12.1 Å². The first kappa shape index (κ1) is 10.9. The maximum Gasteiger partial charge on any atom is 0.219 e. The van der Waals surface area contributed by atoms with Gasteiger partial charge in [0.2, 0.25) is 5.91 Å². The van der Waals surface area contributed by atoms with Crippen LogP contribution >= 0.6 is 0 Å². The third-order valence-electron chi connectivity index (χ3n) is 2.63. The van der Waals surface area contributed by atoms with E-state index >= 15 is 0 Å². The Morgan fingerprint density at radius 3 is 3.12 bits per heavy atom. The number of hydrogen-bond acceptors (Lipinski definition) is 4. The number of carbonyl (C=O) groups excluding carboxylic acids is 1. The highest BCUT2D eigenvalue weighted by Crippen LogP contribution is 2.21. The van der Waals surface area contributed by atoms with E-state index in [1.54, 1.807) is 17.9 Å². The first-order valence-electron chi connectivity index (χ1n) is 5.26. The minimum absolute atomic E-state index is 0.0669. The second-order valence-corrected chi connectivity index (χ2v) is 3.81. The normalized spacial score (nSPS) is 20.8. The van der Waals surface area contributed by atoms with Gasteiger partial charge in [-0.1, -0.05) is 6.07 Å². The summed E-state index contributed by atoms with van der Waals surface area (Å²) in [7, 11) is 0. The molecule has 1 aliphatic rings. The number of rotatable bonds is 1. The van der Waals surface area contributed by atoms with Gasteiger partial charge in [-0.3, -0.25) is 4.79 Å². The molecule has 1 aromatic rings. The van der Waals surface area contributed by atoms with E-state index in [-0.39, 0.29) is 12.0 Å². The average molecular weight is 221 g/mol. The number of carbonyl (C=O) groups is 1. The summed E-state index contributed by atoms with van der Waals surface area (Å²) >= 11 is 0. The molecule has 2 N–H and O–H groups in total. The molecular weight excluding hydrogens is 206 g/mol. The molecule has 2 rings (SSSR count). The molecule has 0 spiro atoms. The molecule has 1 atom stereocenters. The van der Waals surface area contributed by atoms with Gasteiger partial charge in [0.15, 0.2) is 0 Å². The van der Waals surface area contributed by atoms with Gasteiger partial charge in [-0.25, -0.2) is 4.98 Å². The fourth-order valence-corrected chi connectivity index (χ4v) is 1.76. The van der Waals surface area contributed by atoms with Gasteiger partial charge in [0.25, 0.3) is 0 Å². The van der Waals surface area contributed by atoms with Crippen molar-refractivity contribution < 1.29 is 9.53 Å². The Kier molecular flexibility index (Phi) is 3.05.